The van der Waals surface area contributed by atoms with Gasteiger partial charge in [0.1, 0.15) is 11.8 Å². The van der Waals surface area contributed by atoms with Crippen molar-refractivity contribution >= 4 is 5.52 Å². The van der Waals surface area contributed by atoms with Gasteiger partial charge in [0, 0.05) is 11.7 Å². The second-order valence-corrected chi connectivity index (χ2v) is 4.31. The van der Waals surface area contributed by atoms with E-state index in [1.165, 1.54) is 0 Å². The van der Waals surface area contributed by atoms with E-state index in [1.54, 1.807) is 27.7 Å². The van der Waals surface area contributed by atoms with Crippen LogP contribution >= 0.6 is 0 Å². The Hall–Kier alpha value is -1.58. The highest BCUT2D eigenvalue weighted by Crippen LogP contribution is 2.09. The predicted molar refractivity (Wildman–Crippen MR) is 54.4 cm³/mol. The topological polar surface area (TPSA) is 39.3 Å². The van der Waals surface area contributed by atoms with Gasteiger partial charge in [-0.2, -0.15) is 5.10 Å². The van der Waals surface area contributed by atoms with Gasteiger partial charge in [-0.1, -0.05) is 0 Å². The maximum Gasteiger partial charge on any atom is 0.278 e. The average molecular weight is 191 g/mol. The van der Waals surface area contributed by atoms with E-state index in [2.05, 4.69) is 5.10 Å². The molecule has 0 atom stereocenters. The van der Waals surface area contributed by atoms with E-state index in [9.17, 15) is 4.79 Å². The van der Waals surface area contributed by atoms with Crippen LogP contribution in [0.25, 0.3) is 5.52 Å². The summed E-state index contributed by atoms with van der Waals surface area (Å²) in [7, 11) is 0. The van der Waals surface area contributed by atoms with Crippen LogP contribution in [0.1, 0.15) is 20.8 Å². The molecule has 0 aliphatic heterocycles. The van der Waals surface area contributed by atoms with Gasteiger partial charge in [0.05, 0.1) is 0 Å². The molecule has 0 spiro atoms. The first-order chi connectivity index (χ1) is 6.50. The van der Waals surface area contributed by atoms with E-state index in [1.807, 2.05) is 26.8 Å². The molecule has 0 saturated carbocycles. The first kappa shape index (κ1) is 8.99. The highest BCUT2D eigenvalue weighted by atomic mass is 16.1. The van der Waals surface area contributed by atoms with Crippen LogP contribution in [0.2, 0.25) is 0 Å². The Morgan fingerprint density at radius 2 is 2.07 bits per heavy atom. The van der Waals surface area contributed by atoms with Crippen LogP contribution in [0.3, 0.4) is 0 Å². The maximum absolute atomic E-state index is 11.9. The van der Waals surface area contributed by atoms with E-state index in [4.69, 9.17) is 0 Å². The standard InChI is InChI=1S/C10H13N3O/c1-10(2,3)12-7-11-13-6-4-5-8(13)9(12)14/h4-7H,1-3H3. The van der Waals surface area contributed by atoms with Crippen molar-refractivity contribution in [2.75, 3.05) is 0 Å². The fraction of sp³-hybridized carbons (Fsp3) is 0.400. The van der Waals surface area contributed by atoms with Crippen LogP contribution in [0.5, 0.6) is 0 Å². The zero-order valence-electron chi connectivity index (χ0n) is 8.56. The van der Waals surface area contributed by atoms with Crippen LogP contribution in [-0.4, -0.2) is 14.2 Å². The van der Waals surface area contributed by atoms with Crippen molar-refractivity contribution in [1.82, 2.24) is 14.2 Å². The van der Waals surface area contributed by atoms with Gasteiger partial charge in [0.2, 0.25) is 0 Å². The monoisotopic (exact) mass is 191 g/mol. The highest BCUT2D eigenvalue weighted by Gasteiger charge is 2.15. The smallest absolute Gasteiger partial charge is 0.278 e. The minimum Gasteiger partial charge on any atom is -0.291 e. The maximum atomic E-state index is 11.9. The molecule has 0 bridgehead atoms. The Morgan fingerprint density at radius 3 is 2.71 bits per heavy atom. The molecule has 0 aliphatic rings. The SMILES string of the molecule is CC(C)(C)n1cnn2cccc2c1=O. The van der Waals surface area contributed by atoms with Crippen LogP contribution in [-0.2, 0) is 5.54 Å². The molecule has 14 heavy (non-hydrogen) atoms. The van der Waals surface area contributed by atoms with Gasteiger partial charge in [-0.3, -0.25) is 9.36 Å². The van der Waals surface area contributed by atoms with Gasteiger partial charge >= 0.3 is 0 Å². The van der Waals surface area contributed by atoms with Crippen molar-refractivity contribution in [1.29, 1.82) is 0 Å². The van der Waals surface area contributed by atoms with Gasteiger partial charge < -0.3 is 0 Å². The number of aromatic nitrogens is 3. The molecule has 74 valence electrons. The number of rotatable bonds is 0. The minimum absolute atomic E-state index is 0.00231. The van der Waals surface area contributed by atoms with Crippen LogP contribution in [0, 0.1) is 0 Å². The molecule has 4 nitrogen and oxygen atoms in total. The summed E-state index contributed by atoms with van der Waals surface area (Å²) in [6.07, 6.45) is 3.35. The molecular weight excluding hydrogens is 178 g/mol. The summed E-state index contributed by atoms with van der Waals surface area (Å²) in [6, 6.07) is 3.59. The molecule has 2 aromatic heterocycles. The zero-order chi connectivity index (χ0) is 10.3. The zero-order valence-corrected chi connectivity index (χ0v) is 8.56. The molecule has 0 radical (unpaired) electrons. The first-order valence-corrected chi connectivity index (χ1v) is 4.55. The number of fused-ring (bicyclic) bond motifs is 1. The van der Waals surface area contributed by atoms with E-state index in [0.717, 1.165) is 0 Å². The molecule has 0 saturated heterocycles. The Morgan fingerprint density at radius 1 is 1.36 bits per heavy atom. The van der Waals surface area contributed by atoms with Crippen LogP contribution < -0.4 is 5.56 Å². The van der Waals surface area contributed by atoms with Crippen molar-refractivity contribution in [2.24, 2.45) is 0 Å². The normalized spacial score (nSPS) is 12.2. The summed E-state index contributed by atoms with van der Waals surface area (Å²) in [5.41, 5.74) is 0.385. The van der Waals surface area contributed by atoms with E-state index >= 15 is 0 Å². The second-order valence-electron chi connectivity index (χ2n) is 4.31. The lowest BCUT2D eigenvalue weighted by atomic mass is 10.1. The third kappa shape index (κ3) is 1.23. The molecule has 0 amide bonds. The van der Waals surface area contributed by atoms with Crippen molar-refractivity contribution in [3.63, 3.8) is 0 Å². The van der Waals surface area contributed by atoms with Crippen molar-refractivity contribution in [3.05, 3.63) is 35.0 Å². The third-order valence-corrected chi connectivity index (χ3v) is 2.18. The predicted octanol–water partition coefficient (Wildman–Crippen LogP) is 1.25. The summed E-state index contributed by atoms with van der Waals surface area (Å²) in [5.74, 6) is 0. The van der Waals surface area contributed by atoms with Gasteiger partial charge in [0.25, 0.3) is 5.56 Å². The lowest BCUT2D eigenvalue weighted by Gasteiger charge is -2.21. The molecule has 4 heteroatoms. The summed E-state index contributed by atoms with van der Waals surface area (Å²) in [5, 5.41) is 4.15. The Balaban J connectivity index is 2.81. The second kappa shape index (κ2) is 2.70. The summed E-state index contributed by atoms with van der Waals surface area (Å²) in [4.78, 5) is 11.9. The van der Waals surface area contributed by atoms with Crippen molar-refractivity contribution in [2.45, 2.75) is 26.3 Å². The largest absolute Gasteiger partial charge is 0.291 e. The molecule has 2 rings (SSSR count). The quantitative estimate of drug-likeness (QED) is 0.628. The molecule has 0 aromatic carbocycles. The molecule has 2 aromatic rings. The molecular formula is C10H13N3O. The van der Waals surface area contributed by atoms with Crippen LogP contribution in [0.4, 0.5) is 0 Å². The van der Waals surface area contributed by atoms with Gasteiger partial charge in [-0.15, -0.1) is 0 Å². The Kier molecular flexibility index (Phi) is 1.74. The first-order valence-electron chi connectivity index (χ1n) is 4.55. The number of hydrogen-bond acceptors (Lipinski definition) is 2. The summed E-state index contributed by atoms with van der Waals surface area (Å²) >= 11 is 0. The lowest BCUT2D eigenvalue weighted by molar-refractivity contribution is 0.376. The lowest BCUT2D eigenvalue weighted by Crippen LogP contribution is -2.34. The average Bonchev–Trinajstić information content (AvgIpc) is 2.50. The number of hydrogen-bond donors (Lipinski definition) is 0. The van der Waals surface area contributed by atoms with E-state index in [0.29, 0.717) is 5.52 Å². The molecule has 0 fully saturated rings. The highest BCUT2D eigenvalue weighted by molar-refractivity contribution is 5.43. The molecule has 0 aliphatic carbocycles. The van der Waals surface area contributed by atoms with Gasteiger partial charge in [-0.25, -0.2) is 4.52 Å². The van der Waals surface area contributed by atoms with Crippen molar-refractivity contribution < 1.29 is 0 Å². The fourth-order valence-corrected chi connectivity index (χ4v) is 1.40. The number of nitrogens with zero attached hydrogens (tertiary/aromatic N) is 3. The summed E-state index contributed by atoms with van der Waals surface area (Å²) < 4.78 is 3.23. The molecule has 0 unspecified atom stereocenters. The van der Waals surface area contributed by atoms with Gasteiger partial charge in [-0.05, 0) is 32.9 Å². The van der Waals surface area contributed by atoms with E-state index < -0.39 is 0 Å². The molecule has 2 heterocycles. The fourth-order valence-electron chi connectivity index (χ4n) is 1.40. The Bertz CT molecular complexity index is 516. The Labute approximate surface area is 81.8 Å². The van der Waals surface area contributed by atoms with Crippen LogP contribution in [0.15, 0.2) is 29.5 Å². The third-order valence-electron chi connectivity index (χ3n) is 2.18. The van der Waals surface area contributed by atoms with Gasteiger partial charge in [0.15, 0.2) is 0 Å². The van der Waals surface area contributed by atoms with E-state index in [-0.39, 0.29) is 11.1 Å². The molecule has 0 N–H and O–H groups in total. The summed E-state index contributed by atoms with van der Waals surface area (Å²) in [6.45, 7) is 5.94. The minimum atomic E-state index is -0.226. The van der Waals surface area contributed by atoms with Crippen molar-refractivity contribution in [3.8, 4) is 0 Å².